The van der Waals surface area contributed by atoms with Gasteiger partial charge in [-0.3, -0.25) is 67.9 Å². The second kappa shape index (κ2) is 40.3. The molecule has 8 N–H and O–H groups in total. The predicted octanol–water partition coefficient (Wildman–Crippen LogP) is 1.64. The van der Waals surface area contributed by atoms with Crippen molar-refractivity contribution in [1.82, 2.24) is 39.6 Å². The Hall–Kier alpha value is -7.31. The molecule has 4 atom stereocenters. The maximum Gasteiger partial charge on any atom is 0.323 e. The lowest BCUT2D eigenvalue weighted by atomic mass is 10.2. The Kier molecular flexibility index (Phi) is 32.7. The van der Waals surface area contributed by atoms with Crippen LogP contribution in [0.1, 0.15) is 22.3 Å². The molecule has 0 aromatic heterocycles. The smallest absolute Gasteiger partial charge is 0.323 e. The summed E-state index contributed by atoms with van der Waals surface area (Å²) < 4.78 is 23.2. The lowest BCUT2D eigenvalue weighted by Crippen LogP contribution is -2.55. The molecule has 0 radical (unpaired) electrons. The summed E-state index contributed by atoms with van der Waals surface area (Å²) in [5.41, 5.74) is 3.62. The first-order chi connectivity index (χ1) is 42.4. The number of carboxylic acid groups (broad SMARTS) is 7. The summed E-state index contributed by atoms with van der Waals surface area (Å²) in [6, 6.07) is 33.5. The topological polar surface area (TPSA) is 333 Å². The Labute approximate surface area is 512 Å². The minimum absolute atomic E-state index is 0.0286. The van der Waals surface area contributed by atoms with Crippen molar-refractivity contribution in [3.05, 3.63) is 144 Å². The molecule has 26 nitrogen and oxygen atoms in total. The van der Waals surface area contributed by atoms with Crippen LogP contribution in [-0.4, -0.2) is 287 Å². The van der Waals surface area contributed by atoms with E-state index in [0.717, 1.165) is 22.3 Å². The molecule has 0 saturated carbocycles. The van der Waals surface area contributed by atoms with Gasteiger partial charge in [-0.25, -0.2) is 0 Å². The second-order valence-corrected chi connectivity index (χ2v) is 21.3. The van der Waals surface area contributed by atoms with Crippen LogP contribution in [0.2, 0.25) is 0 Å². The number of hydrogen-bond acceptors (Lipinski definition) is 19. The SMILES string of the molecule is O=C(O)CN1CCN(CC(=O)O)CCN(C(COCc2ccccc2)C(=O)O)CCN(C(COCc2ccccc2)C(=O)O)CC1.O=C(O)CN1CCNCCN(C(COCc2ccccc2)C(=O)O)CCN(C(COCc2ccccc2)C(=O)O)CC1. The predicted molar refractivity (Wildman–Crippen MR) is 321 cm³/mol. The number of ether oxygens (including phenoxy) is 4. The van der Waals surface area contributed by atoms with E-state index in [1.165, 1.54) is 0 Å². The molecule has 2 aliphatic heterocycles. The normalized spacial score (nSPS) is 17.8. The second-order valence-electron chi connectivity index (χ2n) is 21.3. The molecule has 2 fully saturated rings. The average Bonchev–Trinajstić information content (AvgIpc) is 3.68. The van der Waals surface area contributed by atoms with Crippen molar-refractivity contribution in [2.24, 2.45) is 0 Å². The van der Waals surface area contributed by atoms with Gasteiger partial charge in [-0.05, 0) is 22.3 Å². The van der Waals surface area contributed by atoms with Crippen LogP contribution in [-0.2, 0) is 78.9 Å². The number of nitrogens with one attached hydrogen (secondary N) is 1. The summed E-state index contributed by atoms with van der Waals surface area (Å²) >= 11 is 0. The van der Waals surface area contributed by atoms with Crippen LogP contribution < -0.4 is 5.32 Å². The zero-order valence-corrected chi connectivity index (χ0v) is 49.7. The largest absolute Gasteiger partial charge is 0.480 e. The molecule has 2 saturated heterocycles. The van der Waals surface area contributed by atoms with Gasteiger partial charge in [0, 0.05) is 105 Å². The molecule has 4 unspecified atom stereocenters. The van der Waals surface area contributed by atoms with Crippen LogP contribution in [0.3, 0.4) is 0 Å². The van der Waals surface area contributed by atoms with Gasteiger partial charge in [-0.1, -0.05) is 121 Å². The quantitative estimate of drug-likeness (QED) is 0.0368. The van der Waals surface area contributed by atoms with Crippen molar-refractivity contribution >= 4 is 41.8 Å². The Morgan fingerprint density at radius 1 is 0.318 bits per heavy atom. The molecular formula is C62H86N8O18. The molecule has 4 aromatic carbocycles. The molecule has 2 heterocycles. The number of hydrogen-bond donors (Lipinski definition) is 8. The van der Waals surface area contributed by atoms with Crippen LogP contribution in [0.15, 0.2) is 121 Å². The number of benzene rings is 4. The maximum atomic E-state index is 12.5. The van der Waals surface area contributed by atoms with Crippen LogP contribution in [0, 0.1) is 0 Å². The van der Waals surface area contributed by atoms with Gasteiger partial charge in [0.15, 0.2) is 0 Å². The van der Waals surface area contributed by atoms with E-state index in [1.54, 1.807) is 34.3 Å². The standard InChI is InChI=1S/C32H44N4O10.C30H42N4O8/c37-29(38)19-33-11-12-34(20-30(39)40)14-16-36(28(32(43)44)24-46-22-26-9-5-2-6-10-26)18-17-35(15-13-33)27(31(41)42)23-45-21-25-7-3-1-4-8-25;35-28(36)19-32-13-11-31-12-14-33(26(29(37)38)22-41-20-24-7-3-1-4-8-24)17-18-34(16-15-32)27(30(39)40)23-42-21-25-9-5-2-6-10-25/h1-10,27-28H,11-24H2,(H,37,38)(H,39,40)(H,41,42)(H,43,44);1-10,26-27,31H,11-23H2,(H,35,36)(H,37,38)(H,39,40). The number of aliphatic carboxylic acids is 7. The molecule has 6 rings (SSSR count). The zero-order valence-electron chi connectivity index (χ0n) is 49.7. The molecular weight excluding hydrogens is 1140 g/mol. The van der Waals surface area contributed by atoms with E-state index in [-0.39, 0.29) is 144 Å². The van der Waals surface area contributed by atoms with Gasteiger partial charge >= 0.3 is 41.8 Å². The van der Waals surface area contributed by atoms with Gasteiger partial charge in [0.2, 0.25) is 0 Å². The highest BCUT2D eigenvalue weighted by atomic mass is 16.5. The fraction of sp³-hybridized carbons (Fsp3) is 0.500. The van der Waals surface area contributed by atoms with Crippen molar-refractivity contribution in [2.45, 2.75) is 50.6 Å². The Morgan fingerprint density at radius 3 is 0.784 bits per heavy atom. The molecule has 0 bridgehead atoms. The van der Waals surface area contributed by atoms with Crippen molar-refractivity contribution in [3.8, 4) is 0 Å². The number of carbonyl (C=O) groups is 7. The van der Waals surface area contributed by atoms with Crippen molar-refractivity contribution in [1.29, 1.82) is 0 Å². The molecule has 0 aliphatic carbocycles. The summed E-state index contributed by atoms with van der Waals surface area (Å²) in [7, 11) is 0. The lowest BCUT2D eigenvalue weighted by Gasteiger charge is -2.37. The molecule has 2 aliphatic rings. The minimum atomic E-state index is -1.12. The highest BCUT2D eigenvalue weighted by Crippen LogP contribution is 2.14. The first-order valence-electron chi connectivity index (χ1n) is 29.3. The lowest BCUT2D eigenvalue weighted by molar-refractivity contribution is -0.149. The third kappa shape index (κ3) is 27.8. The highest BCUT2D eigenvalue weighted by Gasteiger charge is 2.33. The van der Waals surface area contributed by atoms with E-state index in [1.807, 2.05) is 121 Å². The molecule has 0 spiro atoms. The third-order valence-corrected chi connectivity index (χ3v) is 14.9. The van der Waals surface area contributed by atoms with Crippen LogP contribution in [0.5, 0.6) is 0 Å². The summed E-state index contributed by atoms with van der Waals surface area (Å²) in [5, 5.41) is 72.3. The number of carboxylic acids is 7. The molecule has 88 heavy (non-hydrogen) atoms. The van der Waals surface area contributed by atoms with Crippen molar-refractivity contribution < 1.29 is 88.3 Å². The first-order valence-corrected chi connectivity index (χ1v) is 29.3. The first kappa shape index (κ1) is 71.4. The maximum absolute atomic E-state index is 12.5. The summed E-state index contributed by atoms with van der Waals surface area (Å²) in [5.74, 6) is -7.40. The van der Waals surface area contributed by atoms with Crippen LogP contribution in [0.25, 0.3) is 0 Å². The average molecular weight is 1230 g/mol. The molecule has 4 aromatic rings. The van der Waals surface area contributed by atoms with Gasteiger partial charge in [0.1, 0.15) is 24.2 Å². The minimum Gasteiger partial charge on any atom is -0.480 e. The van der Waals surface area contributed by atoms with Gasteiger partial charge in [-0.2, -0.15) is 0 Å². The molecule has 26 heteroatoms. The summed E-state index contributed by atoms with van der Waals surface area (Å²) in [6.07, 6.45) is 0. The Morgan fingerprint density at radius 2 is 0.534 bits per heavy atom. The van der Waals surface area contributed by atoms with Crippen LogP contribution >= 0.6 is 0 Å². The fourth-order valence-electron chi connectivity index (χ4n) is 10.1. The van der Waals surface area contributed by atoms with Crippen molar-refractivity contribution in [3.63, 3.8) is 0 Å². The highest BCUT2D eigenvalue weighted by molar-refractivity contribution is 5.75. The van der Waals surface area contributed by atoms with Crippen molar-refractivity contribution in [2.75, 3.05) is 151 Å². The number of rotatable bonds is 30. The Bertz CT molecular complexity index is 2600. The van der Waals surface area contributed by atoms with Gasteiger partial charge in [-0.15, -0.1) is 0 Å². The van der Waals surface area contributed by atoms with E-state index in [2.05, 4.69) is 5.32 Å². The third-order valence-electron chi connectivity index (χ3n) is 14.9. The number of nitrogens with zero attached hydrogens (tertiary/aromatic N) is 7. The van der Waals surface area contributed by atoms with E-state index < -0.39 is 66.0 Å². The van der Waals surface area contributed by atoms with E-state index >= 15 is 0 Å². The molecule has 0 amide bonds. The van der Waals surface area contributed by atoms with E-state index in [0.29, 0.717) is 32.7 Å². The summed E-state index contributed by atoms with van der Waals surface area (Å²) in [4.78, 5) is 96.3. The molecule has 482 valence electrons. The van der Waals surface area contributed by atoms with Crippen LogP contribution in [0.4, 0.5) is 0 Å². The van der Waals surface area contributed by atoms with E-state index in [9.17, 15) is 69.3 Å². The monoisotopic (exact) mass is 1230 g/mol. The summed E-state index contributed by atoms with van der Waals surface area (Å²) in [6.45, 7) is 4.14. The van der Waals surface area contributed by atoms with Gasteiger partial charge < -0.3 is 60.0 Å². The van der Waals surface area contributed by atoms with Gasteiger partial charge in [0.05, 0.1) is 72.5 Å². The Balaban J connectivity index is 0.000000322. The van der Waals surface area contributed by atoms with E-state index in [4.69, 9.17) is 18.9 Å². The van der Waals surface area contributed by atoms with Gasteiger partial charge in [0.25, 0.3) is 0 Å². The zero-order chi connectivity index (χ0) is 63.5. The fourth-order valence-corrected chi connectivity index (χ4v) is 10.1.